The monoisotopic (exact) mass is 559 g/mol. The summed E-state index contributed by atoms with van der Waals surface area (Å²) in [4.78, 5) is 33.2. The second kappa shape index (κ2) is 11.5. The number of ether oxygens (including phenoxy) is 1. The van der Waals surface area contributed by atoms with Crippen molar-refractivity contribution in [2.75, 3.05) is 44.7 Å². The smallest absolute Gasteiger partial charge is 0.416 e. The lowest BCUT2D eigenvalue weighted by molar-refractivity contribution is -0.140. The lowest BCUT2D eigenvalue weighted by Crippen LogP contribution is -2.57. The minimum Gasteiger partial charge on any atom is -0.495 e. The number of nitrogens with zero attached hydrogens (tertiary/aromatic N) is 3. The van der Waals surface area contributed by atoms with Gasteiger partial charge in [-0.15, -0.1) is 11.8 Å². The van der Waals surface area contributed by atoms with Gasteiger partial charge in [-0.2, -0.15) is 13.2 Å². The number of carbonyl (C=O) groups is 2. The number of carbonyl (C=O) groups excluding carboxylic acids is 2. The quantitative estimate of drug-likeness (QED) is 0.466. The lowest BCUT2D eigenvalue weighted by Gasteiger charge is -2.45. The number of piperazine rings is 1. The van der Waals surface area contributed by atoms with Crippen LogP contribution in [0.5, 0.6) is 5.75 Å². The normalized spacial score (nSPS) is 23.1. The molecule has 3 fully saturated rings. The summed E-state index contributed by atoms with van der Waals surface area (Å²) in [7, 11) is 1.64. The van der Waals surface area contributed by atoms with Gasteiger partial charge in [0.25, 0.3) is 5.91 Å². The number of alkyl halides is 3. The molecule has 0 radical (unpaired) electrons. The van der Waals surface area contributed by atoms with Gasteiger partial charge >= 0.3 is 6.18 Å². The zero-order valence-electron chi connectivity index (χ0n) is 21.8. The van der Waals surface area contributed by atoms with Crippen LogP contribution in [-0.4, -0.2) is 72.7 Å². The van der Waals surface area contributed by atoms with Crippen LogP contribution in [0, 0.1) is 0 Å². The molecule has 39 heavy (non-hydrogen) atoms. The van der Waals surface area contributed by atoms with E-state index < -0.39 is 11.7 Å². The van der Waals surface area contributed by atoms with E-state index in [1.807, 2.05) is 29.2 Å². The number of fused-ring (bicyclic) bond motifs is 1. The number of halogens is 3. The van der Waals surface area contributed by atoms with Crippen molar-refractivity contribution >= 4 is 35.3 Å². The minimum atomic E-state index is -4.41. The van der Waals surface area contributed by atoms with Crippen LogP contribution in [0.15, 0.2) is 53.4 Å². The third-order valence-corrected chi connectivity index (χ3v) is 9.12. The highest BCUT2D eigenvalue weighted by atomic mass is 32.2. The summed E-state index contributed by atoms with van der Waals surface area (Å²) in [6.45, 7) is 2.45. The summed E-state index contributed by atoms with van der Waals surface area (Å²) in [5.41, 5.74) is 0.808. The average Bonchev–Trinajstić information content (AvgIpc) is 2.95. The number of methoxy groups -OCH3 is 1. The summed E-state index contributed by atoms with van der Waals surface area (Å²) in [6, 6.07) is 12.6. The molecule has 3 aliphatic rings. The van der Waals surface area contributed by atoms with E-state index in [2.05, 4.69) is 4.90 Å². The second-order valence-electron chi connectivity index (χ2n) is 10.1. The van der Waals surface area contributed by atoms with Gasteiger partial charge < -0.3 is 19.4 Å². The van der Waals surface area contributed by atoms with Crippen LogP contribution in [0.2, 0.25) is 0 Å². The number of benzene rings is 2. The van der Waals surface area contributed by atoms with Crippen LogP contribution in [0.1, 0.15) is 36.8 Å². The van der Waals surface area contributed by atoms with Crippen LogP contribution in [0.3, 0.4) is 0 Å². The number of anilines is 1. The number of rotatable bonds is 5. The van der Waals surface area contributed by atoms with Crippen molar-refractivity contribution in [3.05, 3.63) is 64.6 Å². The molecule has 10 heteroatoms. The molecule has 5 rings (SSSR count). The van der Waals surface area contributed by atoms with Crippen molar-refractivity contribution in [2.24, 2.45) is 0 Å². The van der Waals surface area contributed by atoms with Crippen LogP contribution >= 0.6 is 11.8 Å². The van der Waals surface area contributed by atoms with E-state index in [0.717, 1.165) is 49.3 Å². The van der Waals surface area contributed by atoms with E-state index in [4.69, 9.17) is 4.74 Å². The van der Waals surface area contributed by atoms with Crippen LogP contribution < -0.4 is 9.64 Å². The Morgan fingerprint density at radius 3 is 2.41 bits per heavy atom. The molecule has 2 atom stereocenters. The number of hydrogen-bond acceptors (Lipinski definition) is 5. The molecule has 2 heterocycles. The third kappa shape index (κ3) is 6.05. The first-order valence-electron chi connectivity index (χ1n) is 13.3. The van der Waals surface area contributed by atoms with Gasteiger partial charge in [0.1, 0.15) is 12.3 Å². The Balaban J connectivity index is 1.28. The minimum absolute atomic E-state index is 0.0135. The lowest BCUT2D eigenvalue weighted by atomic mass is 9.93. The van der Waals surface area contributed by atoms with E-state index in [1.54, 1.807) is 18.1 Å². The van der Waals surface area contributed by atoms with Gasteiger partial charge in [-0.1, -0.05) is 37.1 Å². The largest absolute Gasteiger partial charge is 0.495 e. The molecular formula is C29H32F3N3O3S. The van der Waals surface area contributed by atoms with Gasteiger partial charge in [-0.3, -0.25) is 9.59 Å². The fourth-order valence-electron chi connectivity index (χ4n) is 5.61. The van der Waals surface area contributed by atoms with Gasteiger partial charge in [0.15, 0.2) is 0 Å². The summed E-state index contributed by atoms with van der Waals surface area (Å²) in [5, 5.41) is 0.173. The summed E-state index contributed by atoms with van der Waals surface area (Å²) < 4.78 is 44.4. The van der Waals surface area contributed by atoms with Crippen LogP contribution in [-0.2, 0) is 15.8 Å². The van der Waals surface area contributed by atoms with E-state index in [0.29, 0.717) is 36.6 Å². The molecule has 2 unspecified atom stereocenters. The van der Waals surface area contributed by atoms with Gasteiger partial charge in [-0.05, 0) is 48.7 Å². The van der Waals surface area contributed by atoms with E-state index in [-0.39, 0.29) is 29.7 Å². The predicted molar refractivity (Wildman–Crippen MR) is 147 cm³/mol. The number of thioether (sulfide) groups is 1. The highest BCUT2D eigenvalue weighted by Crippen LogP contribution is 2.42. The van der Waals surface area contributed by atoms with Gasteiger partial charge in [0.2, 0.25) is 5.91 Å². The zero-order valence-corrected chi connectivity index (χ0v) is 22.6. The maximum absolute atomic E-state index is 13.6. The Morgan fingerprint density at radius 2 is 1.72 bits per heavy atom. The maximum atomic E-state index is 13.6. The van der Waals surface area contributed by atoms with Crippen LogP contribution in [0.25, 0.3) is 6.08 Å². The average molecular weight is 560 g/mol. The molecule has 1 aliphatic carbocycles. The standard InChI is InChI=1S/C29H32F3N3O3S/c1-38-24-8-4-2-6-22(24)33-14-16-34(17-15-33)27(36)19-35-23-7-3-5-9-25(23)39-26(28(35)37)18-20-10-12-21(13-11-20)29(30,31)32/h2,4,6,8,10-13,18,23,25H,3,5,7,9,14-17,19H2,1H3/b26-18-. The van der Waals surface area contributed by atoms with Gasteiger partial charge in [-0.25, -0.2) is 0 Å². The highest BCUT2D eigenvalue weighted by molar-refractivity contribution is 8.04. The van der Waals surface area contributed by atoms with E-state index in [9.17, 15) is 22.8 Å². The molecule has 2 amide bonds. The summed E-state index contributed by atoms with van der Waals surface area (Å²) in [6.07, 6.45) is 1.10. The molecule has 0 aromatic heterocycles. The van der Waals surface area contributed by atoms with Crippen molar-refractivity contribution in [3.8, 4) is 5.75 Å². The molecule has 2 aromatic carbocycles. The Hall–Kier alpha value is -3.14. The van der Waals surface area contributed by atoms with Crippen molar-refractivity contribution in [3.63, 3.8) is 0 Å². The molecule has 208 valence electrons. The Kier molecular flexibility index (Phi) is 8.11. The Morgan fingerprint density at radius 1 is 1.03 bits per heavy atom. The predicted octanol–water partition coefficient (Wildman–Crippen LogP) is 5.29. The molecule has 2 aromatic rings. The van der Waals surface area contributed by atoms with Crippen molar-refractivity contribution < 1.29 is 27.5 Å². The van der Waals surface area contributed by atoms with E-state index in [1.165, 1.54) is 23.9 Å². The topological polar surface area (TPSA) is 53.1 Å². The number of hydrogen-bond donors (Lipinski definition) is 0. The fourth-order valence-corrected chi connectivity index (χ4v) is 7.09. The number of para-hydroxylation sites is 2. The molecule has 6 nitrogen and oxygen atoms in total. The van der Waals surface area contributed by atoms with Crippen molar-refractivity contribution in [1.29, 1.82) is 0 Å². The molecule has 2 aliphatic heterocycles. The molecule has 2 saturated heterocycles. The van der Waals surface area contributed by atoms with Gasteiger partial charge in [0, 0.05) is 37.5 Å². The molecule has 1 saturated carbocycles. The summed E-state index contributed by atoms with van der Waals surface area (Å²) >= 11 is 1.50. The second-order valence-corrected chi connectivity index (χ2v) is 11.4. The van der Waals surface area contributed by atoms with E-state index >= 15 is 0 Å². The fraction of sp³-hybridized carbons (Fsp3) is 0.448. The first kappa shape index (κ1) is 27.4. The van der Waals surface area contributed by atoms with Crippen molar-refractivity contribution in [2.45, 2.75) is 43.2 Å². The highest BCUT2D eigenvalue weighted by Gasteiger charge is 2.42. The molecular weight excluding hydrogens is 527 g/mol. The third-order valence-electron chi connectivity index (χ3n) is 7.72. The number of amides is 2. The maximum Gasteiger partial charge on any atom is 0.416 e. The first-order chi connectivity index (χ1) is 18.7. The summed E-state index contributed by atoms with van der Waals surface area (Å²) in [5.74, 6) is 0.501. The zero-order chi connectivity index (χ0) is 27.6. The van der Waals surface area contributed by atoms with Crippen LogP contribution in [0.4, 0.5) is 18.9 Å². The molecule has 0 N–H and O–H groups in total. The van der Waals surface area contributed by atoms with Gasteiger partial charge in [0.05, 0.1) is 23.3 Å². The first-order valence-corrected chi connectivity index (χ1v) is 14.1. The Bertz CT molecular complexity index is 1230. The van der Waals surface area contributed by atoms with Crippen molar-refractivity contribution in [1.82, 2.24) is 9.80 Å². The molecule has 0 spiro atoms. The SMILES string of the molecule is COc1ccccc1N1CCN(C(=O)CN2C(=O)/C(=C/c3ccc(C(F)(F)F)cc3)SC3CCCCC32)CC1. The molecule has 0 bridgehead atoms. The Labute approximate surface area is 230 Å².